The standard InChI is InChI=1S/C40H30N2O12S2/c43-31-19-27(41(23-7-3-1-4-8-23)24-9-5-2-6-10-24)20-32(44)35(31)37-39(47)38(40(37)48)36-33(45)21-28(22-34(36)46)42(25-11-15-29(16-12-25)55(49,50)51)26-13-17-30(18-14-26)56(52,53)54/h1-22,27,43-47H,(H,49,50,51)(H,52,53,54)/p-1. The van der Waals surface area contributed by atoms with Gasteiger partial charge in [-0.25, -0.2) is 0 Å². The van der Waals surface area contributed by atoms with Gasteiger partial charge < -0.3 is 35.3 Å². The molecule has 6 N–H and O–H groups in total. The molecule has 14 nitrogen and oxygen atoms in total. The molecule has 5 aromatic rings. The number of phenolic OH excluding ortho intramolecular Hbond substituents is 2. The number of allylic oxidation sites excluding steroid dienone is 2. The van der Waals surface area contributed by atoms with Gasteiger partial charge >= 0.3 is 0 Å². The van der Waals surface area contributed by atoms with Crippen molar-refractivity contribution in [3.05, 3.63) is 167 Å². The Morgan fingerprint density at radius 2 is 0.929 bits per heavy atom. The van der Waals surface area contributed by atoms with Crippen molar-refractivity contribution in [3.63, 3.8) is 0 Å². The van der Waals surface area contributed by atoms with E-state index in [1.54, 1.807) is 0 Å². The van der Waals surface area contributed by atoms with Crippen LogP contribution in [0.5, 0.6) is 11.5 Å². The van der Waals surface area contributed by atoms with Crippen LogP contribution in [0.15, 0.2) is 172 Å². The molecule has 0 aliphatic heterocycles. The zero-order valence-electron chi connectivity index (χ0n) is 28.6. The van der Waals surface area contributed by atoms with E-state index in [1.807, 2.05) is 65.6 Å². The maximum atomic E-state index is 13.6. The van der Waals surface area contributed by atoms with Crippen molar-refractivity contribution < 1.29 is 56.3 Å². The molecule has 0 atom stereocenters. The second-order valence-electron chi connectivity index (χ2n) is 12.6. The van der Waals surface area contributed by atoms with Crippen LogP contribution in [0.2, 0.25) is 0 Å². The fourth-order valence-corrected chi connectivity index (χ4v) is 7.52. The highest BCUT2D eigenvalue weighted by molar-refractivity contribution is 7.86. The number of aliphatic hydroxyl groups excluding tert-OH is 2. The summed E-state index contributed by atoms with van der Waals surface area (Å²) in [6, 6.07) is 29.0. The van der Waals surface area contributed by atoms with Crippen LogP contribution in [0, 0.1) is 0 Å². The molecule has 5 aromatic carbocycles. The number of para-hydroxylation sites is 2. The number of Topliss-reactive ketones (excluding diaryl/α,β-unsaturated/α-hetero) is 1. The monoisotopic (exact) mass is 793 g/mol. The lowest BCUT2D eigenvalue weighted by molar-refractivity contribution is -0.297. The SMILES string of the molecule is O=C1C(=C2C(O)=CC(N(c3ccccc3)c3ccccc3)C=C2O)C([O-])=C1c1c(O)cc(N(c2ccc(S(=O)(=O)O)cc2)c2ccc(S(=O)(=O)O)cc2)cc1O. The van der Waals surface area contributed by atoms with Crippen molar-refractivity contribution in [1.82, 2.24) is 0 Å². The Morgan fingerprint density at radius 1 is 0.518 bits per heavy atom. The van der Waals surface area contributed by atoms with Crippen LogP contribution in [0.3, 0.4) is 0 Å². The summed E-state index contributed by atoms with van der Waals surface area (Å²) in [5.74, 6) is -4.57. The number of ketones is 1. The molecule has 0 heterocycles. The van der Waals surface area contributed by atoms with Crippen molar-refractivity contribution in [3.8, 4) is 11.5 Å². The molecule has 0 fully saturated rings. The third-order valence-electron chi connectivity index (χ3n) is 9.07. The minimum atomic E-state index is -4.59. The number of nitrogens with zero attached hydrogens (tertiary/aromatic N) is 2. The Morgan fingerprint density at radius 3 is 1.30 bits per heavy atom. The molecule has 0 radical (unpaired) electrons. The highest BCUT2D eigenvalue weighted by atomic mass is 32.2. The van der Waals surface area contributed by atoms with Gasteiger partial charge in [-0.3, -0.25) is 13.9 Å². The van der Waals surface area contributed by atoms with Gasteiger partial charge in [-0.15, -0.1) is 0 Å². The molecule has 7 rings (SSSR count). The van der Waals surface area contributed by atoms with Crippen molar-refractivity contribution in [2.75, 3.05) is 9.80 Å². The first-order valence-electron chi connectivity index (χ1n) is 16.5. The summed E-state index contributed by atoms with van der Waals surface area (Å²) in [6.45, 7) is 0. The average molecular weight is 794 g/mol. The fraction of sp³-hybridized carbons (Fsp3) is 0.0250. The number of phenols is 2. The fourth-order valence-electron chi connectivity index (χ4n) is 6.56. The van der Waals surface area contributed by atoms with Gasteiger partial charge in [-0.1, -0.05) is 42.2 Å². The average Bonchev–Trinajstić information content (AvgIpc) is 3.15. The molecule has 16 heteroatoms. The van der Waals surface area contributed by atoms with Gasteiger partial charge in [-0.05, 0) is 84.9 Å². The Balaban J connectivity index is 1.27. The molecule has 0 aromatic heterocycles. The van der Waals surface area contributed by atoms with E-state index in [0.29, 0.717) is 0 Å². The van der Waals surface area contributed by atoms with Gasteiger partial charge in [-0.2, -0.15) is 16.8 Å². The number of hydrogen-bond donors (Lipinski definition) is 6. The van der Waals surface area contributed by atoms with Crippen molar-refractivity contribution in [2.45, 2.75) is 15.8 Å². The summed E-state index contributed by atoms with van der Waals surface area (Å²) in [7, 11) is -9.17. The smallest absolute Gasteiger partial charge is 0.294 e. The molecule has 0 spiro atoms. The molecular weight excluding hydrogens is 765 g/mol. The molecule has 0 amide bonds. The summed E-state index contributed by atoms with van der Waals surface area (Å²) in [6.07, 6.45) is 2.73. The van der Waals surface area contributed by atoms with Gasteiger partial charge in [0.1, 0.15) is 23.0 Å². The molecule has 2 aliphatic carbocycles. The maximum Gasteiger partial charge on any atom is 0.294 e. The Hall–Kier alpha value is -6.85. The first-order chi connectivity index (χ1) is 26.5. The highest BCUT2D eigenvalue weighted by Gasteiger charge is 2.38. The maximum absolute atomic E-state index is 13.6. The third-order valence-corrected chi connectivity index (χ3v) is 10.8. The molecule has 0 saturated heterocycles. The van der Waals surface area contributed by atoms with Gasteiger partial charge in [0.05, 0.1) is 32.7 Å². The zero-order chi connectivity index (χ0) is 40.1. The summed E-state index contributed by atoms with van der Waals surface area (Å²) in [4.78, 5) is 15.9. The van der Waals surface area contributed by atoms with Gasteiger partial charge in [0.15, 0.2) is 5.78 Å². The summed E-state index contributed by atoms with van der Waals surface area (Å²) in [5.41, 5.74) is -0.407. The van der Waals surface area contributed by atoms with Crippen LogP contribution >= 0.6 is 0 Å². The van der Waals surface area contributed by atoms with Crippen LogP contribution < -0.4 is 14.9 Å². The van der Waals surface area contributed by atoms with Crippen molar-refractivity contribution in [2.24, 2.45) is 0 Å². The number of hydrogen-bond acceptors (Lipinski definition) is 12. The molecule has 2 aliphatic rings. The van der Waals surface area contributed by atoms with Gasteiger partial charge in [0.2, 0.25) is 0 Å². The number of benzene rings is 5. The van der Waals surface area contributed by atoms with E-state index >= 15 is 0 Å². The summed E-state index contributed by atoms with van der Waals surface area (Å²) in [5, 5.41) is 58.5. The molecule has 0 saturated carbocycles. The van der Waals surface area contributed by atoms with E-state index in [2.05, 4.69) is 0 Å². The number of anilines is 5. The molecule has 56 heavy (non-hydrogen) atoms. The number of aromatic hydroxyl groups is 2. The largest absolute Gasteiger partial charge is 0.871 e. The third kappa shape index (κ3) is 6.84. The second kappa shape index (κ2) is 14.1. The van der Waals surface area contributed by atoms with Crippen LogP contribution in [-0.2, 0) is 25.0 Å². The van der Waals surface area contributed by atoms with E-state index in [4.69, 9.17) is 0 Å². The Bertz CT molecular complexity index is 2590. The van der Waals surface area contributed by atoms with Crippen LogP contribution in [0.1, 0.15) is 5.56 Å². The van der Waals surface area contributed by atoms with Gasteiger partial charge in [0, 0.05) is 46.0 Å². The quantitative estimate of drug-likeness (QED) is 0.0729. The first kappa shape index (κ1) is 37.5. The summed E-state index contributed by atoms with van der Waals surface area (Å²) < 4.78 is 65.6. The van der Waals surface area contributed by atoms with Gasteiger partial charge in [0.25, 0.3) is 20.2 Å². The number of carbonyl (C=O) groups is 1. The molecule has 0 bridgehead atoms. The van der Waals surface area contributed by atoms with E-state index in [-0.39, 0.29) is 17.1 Å². The molecular formula is C40H29N2O12S2-. The Kier molecular flexibility index (Phi) is 9.43. The Labute approximate surface area is 319 Å². The first-order valence-corrected chi connectivity index (χ1v) is 19.4. The van der Waals surface area contributed by atoms with E-state index < -0.39 is 92.9 Å². The summed E-state index contributed by atoms with van der Waals surface area (Å²) >= 11 is 0. The minimum absolute atomic E-state index is 0.0257. The number of carbonyl (C=O) groups excluding carboxylic acids is 1. The highest BCUT2D eigenvalue weighted by Crippen LogP contribution is 2.49. The van der Waals surface area contributed by atoms with Crippen LogP contribution in [0.4, 0.5) is 28.4 Å². The van der Waals surface area contributed by atoms with Crippen LogP contribution in [-0.4, -0.2) is 58.2 Å². The lowest BCUT2D eigenvalue weighted by Gasteiger charge is -2.36. The zero-order valence-corrected chi connectivity index (χ0v) is 30.3. The van der Waals surface area contributed by atoms with Crippen molar-refractivity contribution in [1.29, 1.82) is 0 Å². The van der Waals surface area contributed by atoms with Crippen molar-refractivity contribution >= 4 is 60.0 Å². The number of aliphatic hydroxyl groups is 2. The molecule has 0 unspecified atom stereocenters. The normalized spacial score (nSPS) is 15.9. The predicted octanol–water partition coefficient (Wildman–Crippen LogP) is 6.12. The predicted molar refractivity (Wildman–Crippen MR) is 203 cm³/mol. The van der Waals surface area contributed by atoms with Crippen LogP contribution in [0.25, 0.3) is 5.57 Å². The van der Waals surface area contributed by atoms with E-state index in [0.717, 1.165) is 47.8 Å². The van der Waals surface area contributed by atoms with E-state index in [1.165, 1.54) is 41.3 Å². The second-order valence-corrected chi connectivity index (χ2v) is 15.4. The minimum Gasteiger partial charge on any atom is -0.871 e. The lowest BCUT2D eigenvalue weighted by atomic mass is 9.78. The van der Waals surface area contributed by atoms with E-state index in [9.17, 15) is 56.3 Å². The molecule has 284 valence electrons. The topological polar surface area (TPSA) is 236 Å². The number of rotatable bonds is 9. The lowest BCUT2D eigenvalue weighted by Crippen LogP contribution is -2.34.